The third kappa shape index (κ3) is 8.18. The van der Waals surface area contributed by atoms with Crippen molar-refractivity contribution in [2.75, 3.05) is 10.6 Å². The minimum Gasteiger partial charge on any atom is -0.321 e. The van der Waals surface area contributed by atoms with Gasteiger partial charge in [0.25, 0.3) is 11.8 Å². The largest absolute Gasteiger partial charge is 0.321 e. The second-order valence-electron chi connectivity index (χ2n) is 11.6. The van der Waals surface area contributed by atoms with E-state index in [9.17, 15) is 19.6 Å². The van der Waals surface area contributed by atoms with Crippen molar-refractivity contribution in [3.63, 3.8) is 0 Å². The molecule has 7 nitrogen and oxygen atoms in total. The topological polar surface area (TPSA) is 111 Å². The van der Waals surface area contributed by atoms with Gasteiger partial charge >= 0.3 is 0 Å². The summed E-state index contributed by atoms with van der Waals surface area (Å²) < 4.78 is 0. The van der Waals surface area contributed by atoms with E-state index in [1.807, 2.05) is 79.7 Å². The number of thiophene rings is 1. The maximum Gasteiger partial charge on any atom is 0.272 e. The molecule has 49 heavy (non-hydrogen) atoms. The Morgan fingerprint density at radius 3 is 2.33 bits per heavy atom. The van der Waals surface area contributed by atoms with E-state index >= 15 is 0 Å². The van der Waals surface area contributed by atoms with Gasteiger partial charge in [-0.15, -0.1) is 23.1 Å². The molecule has 1 heterocycles. The highest BCUT2D eigenvalue weighted by Gasteiger charge is 2.27. The van der Waals surface area contributed by atoms with Gasteiger partial charge in [0.2, 0.25) is 5.91 Å². The third-order valence-electron chi connectivity index (χ3n) is 8.22. The summed E-state index contributed by atoms with van der Waals surface area (Å²) in [4.78, 5) is 42.7. The number of rotatable bonds is 10. The number of carbonyl (C=O) groups is 3. The first-order valence-electron chi connectivity index (χ1n) is 16.0. The van der Waals surface area contributed by atoms with Gasteiger partial charge in [-0.05, 0) is 91.3 Å². The number of hydrogen-bond donors (Lipinski definition) is 3. The summed E-state index contributed by atoms with van der Waals surface area (Å²) >= 11 is 2.86. The van der Waals surface area contributed by atoms with Crippen LogP contribution in [0.2, 0.25) is 0 Å². The highest BCUT2D eigenvalue weighted by Crippen LogP contribution is 2.41. The molecule has 0 fully saturated rings. The van der Waals surface area contributed by atoms with Gasteiger partial charge < -0.3 is 16.0 Å². The van der Waals surface area contributed by atoms with Crippen LogP contribution in [0, 0.1) is 18.3 Å². The zero-order chi connectivity index (χ0) is 34.2. The van der Waals surface area contributed by atoms with Crippen molar-refractivity contribution in [2.45, 2.75) is 42.8 Å². The number of fused-ring (bicyclic) bond motifs is 1. The second-order valence-corrected chi connectivity index (χ2v) is 13.9. The van der Waals surface area contributed by atoms with E-state index in [0.29, 0.717) is 21.8 Å². The van der Waals surface area contributed by atoms with Gasteiger partial charge in [-0.25, -0.2) is 0 Å². The number of anilines is 2. The van der Waals surface area contributed by atoms with E-state index in [1.165, 1.54) is 28.0 Å². The number of benzene rings is 4. The molecule has 0 aliphatic heterocycles. The average Bonchev–Trinajstić information content (AvgIpc) is 3.48. The molecule has 0 saturated carbocycles. The number of nitrogens with zero attached hydrogens (tertiary/aromatic N) is 1. The lowest BCUT2D eigenvalue weighted by Crippen LogP contribution is -2.30. The maximum absolute atomic E-state index is 13.9. The van der Waals surface area contributed by atoms with Gasteiger partial charge in [-0.2, -0.15) is 5.26 Å². The Balaban J connectivity index is 1.24. The lowest BCUT2D eigenvalue weighted by molar-refractivity contribution is -0.116. The molecule has 0 spiro atoms. The number of aryl methyl sites for hydroxylation is 2. The molecule has 6 rings (SSSR count). The molecule has 0 saturated heterocycles. The SMILES string of the molecule is Cc1ccccc1/C=C(\NC(=O)c1ccccc1)C(=O)Nc1cccc(SC(C(=O)Nc2sc3c(c2C#N)CCCC3)c2ccccc2)c1. The van der Waals surface area contributed by atoms with Crippen LogP contribution >= 0.6 is 23.1 Å². The quantitative estimate of drug-likeness (QED) is 0.101. The smallest absolute Gasteiger partial charge is 0.272 e. The summed E-state index contributed by atoms with van der Waals surface area (Å²) in [5, 5.41) is 18.7. The molecule has 1 atom stereocenters. The van der Waals surface area contributed by atoms with E-state index in [-0.39, 0.29) is 11.6 Å². The van der Waals surface area contributed by atoms with Gasteiger partial charge in [0.1, 0.15) is 22.0 Å². The first kappa shape index (κ1) is 33.5. The number of nitrogens with one attached hydrogen (secondary N) is 3. The van der Waals surface area contributed by atoms with E-state index in [0.717, 1.165) is 52.8 Å². The first-order chi connectivity index (χ1) is 23.9. The van der Waals surface area contributed by atoms with Crippen molar-refractivity contribution in [1.82, 2.24) is 5.32 Å². The fourth-order valence-electron chi connectivity index (χ4n) is 5.68. The molecule has 3 amide bonds. The summed E-state index contributed by atoms with van der Waals surface area (Å²) in [6.45, 7) is 1.94. The molecule has 1 unspecified atom stereocenters. The molecule has 0 bridgehead atoms. The number of amides is 3. The van der Waals surface area contributed by atoms with Crippen LogP contribution in [0.15, 0.2) is 120 Å². The highest BCUT2D eigenvalue weighted by molar-refractivity contribution is 8.00. The van der Waals surface area contributed by atoms with Crippen molar-refractivity contribution >= 4 is 57.6 Å². The molecule has 4 aromatic carbocycles. The molecular formula is C40H34N4O3S2. The van der Waals surface area contributed by atoms with E-state index < -0.39 is 17.1 Å². The van der Waals surface area contributed by atoms with E-state index in [2.05, 4.69) is 22.0 Å². The predicted molar refractivity (Wildman–Crippen MR) is 197 cm³/mol. The Kier molecular flexibility index (Phi) is 10.7. The number of carbonyl (C=O) groups excluding carboxylic acids is 3. The normalized spacial score (nSPS) is 13.0. The summed E-state index contributed by atoms with van der Waals surface area (Å²) in [7, 11) is 0. The fraction of sp³-hybridized carbons (Fsp3) is 0.150. The molecule has 9 heteroatoms. The van der Waals surface area contributed by atoms with Crippen molar-refractivity contribution in [2.24, 2.45) is 0 Å². The Labute approximate surface area is 294 Å². The second kappa shape index (κ2) is 15.6. The molecule has 244 valence electrons. The van der Waals surface area contributed by atoms with Crippen LogP contribution < -0.4 is 16.0 Å². The predicted octanol–water partition coefficient (Wildman–Crippen LogP) is 8.69. The van der Waals surface area contributed by atoms with Crippen LogP contribution in [0.25, 0.3) is 6.08 Å². The number of nitriles is 1. The fourth-order valence-corrected chi connectivity index (χ4v) is 8.00. The monoisotopic (exact) mass is 682 g/mol. The zero-order valence-corrected chi connectivity index (χ0v) is 28.5. The van der Waals surface area contributed by atoms with Crippen LogP contribution in [0.1, 0.15) is 61.1 Å². The Hall–Kier alpha value is -5.43. The van der Waals surface area contributed by atoms with Crippen molar-refractivity contribution < 1.29 is 14.4 Å². The van der Waals surface area contributed by atoms with Crippen LogP contribution in [0.3, 0.4) is 0 Å². The molecule has 5 aromatic rings. The number of thioether (sulfide) groups is 1. The summed E-state index contributed by atoms with van der Waals surface area (Å²) in [6, 6.07) is 35.4. The van der Waals surface area contributed by atoms with Gasteiger partial charge in [-0.3, -0.25) is 14.4 Å². The Bertz CT molecular complexity index is 2070. The minimum atomic E-state index is -0.625. The van der Waals surface area contributed by atoms with Gasteiger partial charge in [0.05, 0.1) is 5.56 Å². The molecule has 1 aliphatic carbocycles. The first-order valence-corrected chi connectivity index (χ1v) is 17.7. The molecule has 1 aromatic heterocycles. The molecule has 1 aliphatic rings. The summed E-state index contributed by atoms with van der Waals surface area (Å²) in [5.74, 6) is -1.12. The molecular weight excluding hydrogens is 649 g/mol. The maximum atomic E-state index is 13.9. The third-order valence-corrected chi connectivity index (χ3v) is 10.7. The van der Waals surface area contributed by atoms with Crippen molar-refractivity contribution in [3.8, 4) is 6.07 Å². The van der Waals surface area contributed by atoms with Crippen LogP contribution in [0.4, 0.5) is 10.7 Å². The minimum absolute atomic E-state index is 0.0923. The summed E-state index contributed by atoms with van der Waals surface area (Å²) in [6.07, 6.45) is 5.58. The Morgan fingerprint density at radius 1 is 0.857 bits per heavy atom. The zero-order valence-electron chi connectivity index (χ0n) is 26.9. The standard InChI is InChI=1S/C40H34N4O3S2/c1-26-13-8-9-18-29(26)23-34(43-37(45)28-16-6-3-7-17-28)38(46)42-30-19-12-20-31(24-30)48-36(27-14-4-2-5-15-27)39(47)44-40-33(25-41)32-21-10-11-22-35(32)49-40/h2-9,12-20,23-24,36H,10-11,21-22H2,1H3,(H,42,46)(H,43,45)(H,44,47)/b34-23-. The average molecular weight is 683 g/mol. The van der Waals surface area contributed by atoms with Gasteiger partial charge in [0, 0.05) is 21.0 Å². The van der Waals surface area contributed by atoms with E-state index in [4.69, 9.17) is 0 Å². The molecule has 0 radical (unpaired) electrons. The summed E-state index contributed by atoms with van der Waals surface area (Å²) in [5.41, 5.74) is 5.23. The van der Waals surface area contributed by atoms with Crippen LogP contribution in [0.5, 0.6) is 0 Å². The van der Waals surface area contributed by atoms with E-state index in [1.54, 1.807) is 42.5 Å². The number of hydrogen-bond acceptors (Lipinski definition) is 6. The van der Waals surface area contributed by atoms with Crippen LogP contribution in [-0.4, -0.2) is 17.7 Å². The Morgan fingerprint density at radius 2 is 1.57 bits per heavy atom. The lowest BCUT2D eigenvalue weighted by Gasteiger charge is -2.17. The van der Waals surface area contributed by atoms with Crippen LogP contribution in [-0.2, 0) is 22.4 Å². The highest BCUT2D eigenvalue weighted by atomic mass is 32.2. The van der Waals surface area contributed by atoms with Crippen molar-refractivity contribution in [3.05, 3.63) is 153 Å². The molecule has 3 N–H and O–H groups in total. The lowest BCUT2D eigenvalue weighted by atomic mass is 9.96. The van der Waals surface area contributed by atoms with Gasteiger partial charge in [-0.1, -0.05) is 78.9 Å². The van der Waals surface area contributed by atoms with Gasteiger partial charge in [0.15, 0.2) is 0 Å². The van der Waals surface area contributed by atoms with Crippen molar-refractivity contribution in [1.29, 1.82) is 5.26 Å².